The normalized spacial score (nSPS) is 10.0. The molecule has 0 unspecified atom stereocenters. The number of benzene rings is 1. The van der Waals surface area contributed by atoms with Gasteiger partial charge >= 0.3 is 6.09 Å². The maximum atomic E-state index is 11.7. The summed E-state index contributed by atoms with van der Waals surface area (Å²) < 4.78 is 5.10. The zero-order valence-corrected chi connectivity index (χ0v) is 10.7. The van der Waals surface area contributed by atoms with E-state index in [4.69, 9.17) is 10.5 Å². The van der Waals surface area contributed by atoms with Crippen molar-refractivity contribution in [3.63, 3.8) is 0 Å². The van der Waals surface area contributed by atoms with Gasteiger partial charge in [0.15, 0.2) is 0 Å². The number of hydrogen-bond acceptors (Lipinski definition) is 5. The number of non-ortho nitro benzene ring substituents is 1. The molecule has 1 rings (SSSR count). The molecule has 0 bridgehead atoms. The maximum Gasteiger partial charge on any atom is 0.410 e. The van der Waals surface area contributed by atoms with Gasteiger partial charge in [0.05, 0.1) is 4.92 Å². The molecule has 7 heteroatoms. The van der Waals surface area contributed by atoms with Crippen LogP contribution >= 0.6 is 0 Å². The van der Waals surface area contributed by atoms with Crippen LogP contribution in [-0.4, -0.2) is 35.6 Å². The first-order valence-electron chi connectivity index (χ1n) is 5.93. The van der Waals surface area contributed by atoms with Crippen molar-refractivity contribution in [2.24, 2.45) is 5.73 Å². The summed E-state index contributed by atoms with van der Waals surface area (Å²) in [5, 5.41) is 10.5. The topological polar surface area (TPSA) is 98.7 Å². The molecule has 7 nitrogen and oxygen atoms in total. The van der Waals surface area contributed by atoms with E-state index in [0.29, 0.717) is 25.2 Å². The molecule has 0 atom stereocenters. The Morgan fingerprint density at radius 2 is 2.05 bits per heavy atom. The highest BCUT2D eigenvalue weighted by molar-refractivity contribution is 5.67. The minimum atomic E-state index is -0.476. The molecule has 0 aliphatic carbocycles. The SMILES string of the molecule is CCN(CCN)C(=O)OCc1ccc([N+](=O)[O-])cc1. The molecule has 1 aromatic carbocycles. The summed E-state index contributed by atoms with van der Waals surface area (Å²) in [6.45, 7) is 3.26. The Labute approximate surface area is 111 Å². The van der Waals surface area contributed by atoms with Crippen molar-refractivity contribution in [1.29, 1.82) is 0 Å². The lowest BCUT2D eigenvalue weighted by molar-refractivity contribution is -0.384. The van der Waals surface area contributed by atoms with Crippen LogP contribution in [0, 0.1) is 10.1 Å². The Morgan fingerprint density at radius 1 is 1.42 bits per heavy atom. The van der Waals surface area contributed by atoms with Crippen LogP contribution in [0.2, 0.25) is 0 Å². The molecular weight excluding hydrogens is 250 g/mol. The van der Waals surface area contributed by atoms with Gasteiger partial charge in [-0.1, -0.05) is 0 Å². The van der Waals surface area contributed by atoms with E-state index in [2.05, 4.69) is 0 Å². The van der Waals surface area contributed by atoms with Crippen LogP contribution in [0.15, 0.2) is 24.3 Å². The Hall–Kier alpha value is -2.15. The summed E-state index contributed by atoms with van der Waals surface area (Å²) >= 11 is 0. The number of carbonyl (C=O) groups excluding carboxylic acids is 1. The number of ether oxygens (including phenoxy) is 1. The Morgan fingerprint density at radius 3 is 2.53 bits per heavy atom. The average Bonchev–Trinajstić information content (AvgIpc) is 2.42. The van der Waals surface area contributed by atoms with Gasteiger partial charge in [-0.15, -0.1) is 0 Å². The average molecular weight is 267 g/mol. The van der Waals surface area contributed by atoms with Crippen molar-refractivity contribution < 1.29 is 14.5 Å². The molecule has 2 N–H and O–H groups in total. The number of nitro groups is 1. The summed E-state index contributed by atoms with van der Waals surface area (Å²) in [5.74, 6) is 0. The molecule has 0 aromatic heterocycles. The van der Waals surface area contributed by atoms with Crippen molar-refractivity contribution in [2.75, 3.05) is 19.6 Å². The second-order valence-electron chi connectivity index (χ2n) is 3.85. The largest absolute Gasteiger partial charge is 0.445 e. The van der Waals surface area contributed by atoms with Crippen molar-refractivity contribution in [3.05, 3.63) is 39.9 Å². The second kappa shape index (κ2) is 7.32. The third kappa shape index (κ3) is 4.55. The van der Waals surface area contributed by atoms with Crippen LogP contribution in [0.1, 0.15) is 12.5 Å². The zero-order valence-electron chi connectivity index (χ0n) is 10.7. The molecule has 0 saturated carbocycles. The number of rotatable bonds is 6. The lowest BCUT2D eigenvalue weighted by Crippen LogP contribution is -2.35. The quantitative estimate of drug-likeness (QED) is 0.622. The van der Waals surface area contributed by atoms with Gasteiger partial charge in [-0.3, -0.25) is 10.1 Å². The van der Waals surface area contributed by atoms with Crippen LogP contribution < -0.4 is 5.73 Å². The molecule has 104 valence electrons. The van der Waals surface area contributed by atoms with Crippen molar-refractivity contribution in [3.8, 4) is 0 Å². The van der Waals surface area contributed by atoms with E-state index >= 15 is 0 Å². The lowest BCUT2D eigenvalue weighted by Gasteiger charge is -2.19. The van der Waals surface area contributed by atoms with Gasteiger partial charge < -0.3 is 15.4 Å². The highest BCUT2D eigenvalue weighted by atomic mass is 16.6. The predicted molar refractivity (Wildman–Crippen MR) is 69.6 cm³/mol. The van der Waals surface area contributed by atoms with Crippen LogP contribution in [0.3, 0.4) is 0 Å². The van der Waals surface area contributed by atoms with E-state index in [1.807, 2.05) is 6.92 Å². The van der Waals surface area contributed by atoms with Gasteiger partial charge in [-0.25, -0.2) is 4.79 Å². The highest BCUT2D eigenvalue weighted by Gasteiger charge is 2.12. The highest BCUT2D eigenvalue weighted by Crippen LogP contribution is 2.12. The van der Waals surface area contributed by atoms with Crippen molar-refractivity contribution in [2.45, 2.75) is 13.5 Å². The first kappa shape index (κ1) is 14.9. The molecule has 0 radical (unpaired) electrons. The van der Waals surface area contributed by atoms with E-state index in [1.165, 1.54) is 17.0 Å². The third-order valence-corrected chi connectivity index (χ3v) is 2.55. The Balaban J connectivity index is 2.52. The number of likely N-dealkylation sites (N-methyl/N-ethyl adjacent to an activating group) is 1. The Kier molecular flexibility index (Phi) is 5.74. The smallest absolute Gasteiger partial charge is 0.410 e. The van der Waals surface area contributed by atoms with E-state index in [9.17, 15) is 14.9 Å². The zero-order chi connectivity index (χ0) is 14.3. The summed E-state index contributed by atoms with van der Waals surface area (Å²) in [5.41, 5.74) is 6.09. The number of amides is 1. The van der Waals surface area contributed by atoms with Gasteiger partial charge in [0.25, 0.3) is 5.69 Å². The molecule has 0 aliphatic heterocycles. The summed E-state index contributed by atoms with van der Waals surface area (Å²) in [4.78, 5) is 23.1. The monoisotopic (exact) mass is 267 g/mol. The standard InChI is InChI=1S/C12H17N3O4/c1-2-14(8-7-13)12(16)19-9-10-3-5-11(6-4-10)15(17)18/h3-6H,2,7-9,13H2,1H3. The van der Waals surface area contributed by atoms with Crippen molar-refractivity contribution in [1.82, 2.24) is 4.90 Å². The van der Waals surface area contributed by atoms with E-state index in [0.717, 1.165) is 0 Å². The molecular formula is C12H17N3O4. The molecule has 1 amide bonds. The molecule has 0 heterocycles. The Bertz CT molecular complexity index is 433. The lowest BCUT2D eigenvalue weighted by atomic mass is 10.2. The van der Waals surface area contributed by atoms with E-state index in [1.54, 1.807) is 12.1 Å². The van der Waals surface area contributed by atoms with Crippen LogP contribution in [0.5, 0.6) is 0 Å². The minimum Gasteiger partial charge on any atom is -0.445 e. The van der Waals surface area contributed by atoms with Crippen LogP contribution in [0.4, 0.5) is 10.5 Å². The minimum absolute atomic E-state index is 0.00777. The van der Waals surface area contributed by atoms with Gasteiger partial charge in [-0.2, -0.15) is 0 Å². The van der Waals surface area contributed by atoms with Crippen LogP contribution in [0.25, 0.3) is 0 Å². The fraction of sp³-hybridized carbons (Fsp3) is 0.417. The van der Waals surface area contributed by atoms with Gasteiger partial charge in [0.2, 0.25) is 0 Å². The fourth-order valence-corrected chi connectivity index (χ4v) is 1.48. The second-order valence-corrected chi connectivity index (χ2v) is 3.85. The van der Waals surface area contributed by atoms with Crippen molar-refractivity contribution >= 4 is 11.8 Å². The molecule has 0 aliphatic rings. The summed E-state index contributed by atoms with van der Waals surface area (Å²) in [6.07, 6.45) is -0.439. The molecule has 0 saturated heterocycles. The number of carbonyl (C=O) groups is 1. The molecule has 0 spiro atoms. The first-order chi connectivity index (χ1) is 9.08. The first-order valence-corrected chi connectivity index (χ1v) is 5.93. The summed E-state index contributed by atoms with van der Waals surface area (Å²) in [7, 11) is 0. The number of nitrogens with two attached hydrogens (primary N) is 1. The number of hydrogen-bond donors (Lipinski definition) is 1. The third-order valence-electron chi connectivity index (χ3n) is 2.55. The van der Waals surface area contributed by atoms with Crippen LogP contribution in [-0.2, 0) is 11.3 Å². The van der Waals surface area contributed by atoms with E-state index < -0.39 is 11.0 Å². The van der Waals surface area contributed by atoms with Gasteiger partial charge in [-0.05, 0) is 24.6 Å². The number of nitro benzene ring substituents is 1. The maximum absolute atomic E-state index is 11.7. The molecule has 19 heavy (non-hydrogen) atoms. The van der Waals surface area contributed by atoms with E-state index in [-0.39, 0.29) is 12.3 Å². The van der Waals surface area contributed by atoms with Gasteiger partial charge in [0.1, 0.15) is 6.61 Å². The number of nitrogens with zero attached hydrogens (tertiary/aromatic N) is 2. The molecule has 1 aromatic rings. The summed E-state index contributed by atoms with van der Waals surface area (Å²) in [6, 6.07) is 5.87. The fourth-order valence-electron chi connectivity index (χ4n) is 1.48. The molecule has 0 fully saturated rings. The van der Waals surface area contributed by atoms with Gasteiger partial charge in [0, 0.05) is 31.8 Å². The predicted octanol–water partition coefficient (Wildman–Crippen LogP) is 1.51.